The van der Waals surface area contributed by atoms with Crippen molar-refractivity contribution in [2.24, 2.45) is 0 Å². The van der Waals surface area contributed by atoms with Gasteiger partial charge in [0.1, 0.15) is 0 Å². The van der Waals surface area contributed by atoms with Crippen LogP contribution in [0, 0.1) is 0 Å². The van der Waals surface area contributed by atoms with Gasteiger partial charge in [-0.05, 0) is 20.3 Å². The Labute approximate surface area is 105 Å². The number of carboxylic acids is 1. The van der Waals surface area contributed by atoms with E-state index >= 15 is 0 Å². The van der Waals surface area contributed by atoms with Gasteiger partial charge in [0.25, 0.3) is 5.91 Å². The van der Waals surface area contributed by atoms with E-state index in [0.717, 1.165) is 6.42 Å². The van der Waals surface area contributed by atoms with E-state index in [1.165, 1.54) is 18.7 Å². The fraction of sp³-hybridized carbons (Fsp3) is 0.417. The molecule has 0 radical (unpaired) electrons. The molecule has 0 aliphatic carbocycles. The first-order valence-corrected chi connectivity index (χ1v) is 5.59. The number of aliphatic carboxylic acids is 1. The van der Waals surface area contributed by atoms with Crippen molar-refractivity contribution < 1.29 is 19.5 Å². The molecule has 0 aromatic heterocycles. The molecular formula is C12H16N2O4. The summed E-state index contributed by atoms with van der Waals surface area (Å²) < 4.78 is 0. The van der Waals surface area contributed by atoms with Crippen LogP contribution in [0.2, 0.25) is 0 Å². The zero-order valence-electron chi connectivity index (χ0n) is 10.4. The fourth-order valence-electron chi connectivity index (χ4n) is 1.43. The Bertz CT molecular complexity index is 437. The third-order valence-electron chi connectivity index (χ3n) is 2.79. The van der Waals surface area contributed by atoms with Gasteiger partial charge >= 0.3 is 12.0 Å². The number of carboxylic acid groups (broad SMARTS) is 1. The van der Waals surface area contributed by atoms with Crippen LogP contribution in [0.25, 0.3) is 0 Å². The van der Waals surface area contributed by atoms with Crippen molar-refractivity contribution >= 4 is 17.9 Å². The topological polar surface area (TPSA) is 86.7 Å². The second-order valence-corrected chi connectivity index (χ2v) is 4.02. The number of nitrogens with zero attached hydrogens (tertiary/aromatic N) is 1. The normalized spacial score (nSPS) is 16.0. The summed E-state index contributed by atoms with van der Waals surface area (Å²) in [4.78, 5) is 35.5. The summed E-state index contributed by atoms with van der Waals surface area (Å²) in [5.41, 5.74) is -0.0396. The summed E-state index contributed by atoms with van der Waals surface area (Å²) in [6.45, 7) is 3.71. The minimum Gasteiger partial charge on any atom is -0.478 e. The van der Waals surface area contributed by atoms with Gasteiger partial charge in [-0.1, -0.05) is 12.2 Å². The molecular weight excluding hydrogens is 236 g/mol. The number of amides is 3. The fourth-order valence-corrected chi connectivity index (χ4v) is 1.43. The van der Waals surface area contributed by atoms with Crippen LogP contribution >= 0.6 is 0 Å². The lowest BCUT2D eigenvalue weighted by Gasteiger charge is -2.23. The van der Waals surface area contributed by atoms with Gasteiger partial charge in [0.05, 0.1) is 0 Å². The zero-order valence-corrected chi connectivity index (χ0v) is 10.4. The Balaban J connectivity index is 2.65. The Morgan fingerprint density at radius 1 is 1.17 bits per heavy atom. The molecule has 0 saturated carbocycles. The first kappa shape index (κ1) is 14.0. The Morgan fingerprint density at radius 2 is 1.83 bits per heavy atom. The number of carbonyl (C=O) groups excluding carboxylic acids is 2. The number of rotatable bonds is 2. The third-order valence-corrected chi connectivity index (χ3v) is 2.79. The number of hydrogen-bond acceptors (Lipinski definition) is 3. The van der Waals surface area contributed by atoms with E-state index in [-0.39, 0.29) is 11.1 Å². The minimum absolute atomic E-state index is 0.0309. The third kappa shape index (κ3) is 3.44. The van der Waals surface area contributed by atoms with Crippen LogP contribution in [0.4, 0.5) is 4.79 Å². The van der Waals surface area contributed by atoms with E-state index in [1.807, 2.05) is 12.2 Å². The molecule has 6 nitrogen and oxygen atoms in total. The smallest absolute Gasteiger partial charge is 0.331 e. The number of carbonyl (C=O) groups is 3. The molecule has 0 aromatic rings. The lowest BCUT2D eigenvalue weighted by Crippen LogP contribution is -2.44. The minimum atomic E-state index is -1.17. The number of hydrogen-bond donors (Lipinski definition) is 2. The number of imide groups is 1. The molecule has 0 atom stereocenters. The standard InChI is InChI=1S/C12H16N2O4/c1-8(9(2)11(16)17)10(15)13-12(18)14-6-4-3-5-7-14/h3-4H,5-7H2,1-2H3,(H,16,17)(H,13,15,18)/b9-8+. The highest BCUT2D eigenvalue weighted by molar-refractivity contribution is 6.07. The maximum absolute atomic E-state index is 11.7. The highest BCUT2D eigenvalue weighted by atomic mass is 16.4. The first-order valence-electron chi connectivity index (χ1n) is 5.59. The molecule has 0 saturated heterocycles. The summed E-state index contributed by atoms with van der Waals surface area (Å²) in [5.74, 6) is -1.84. The highest BCUT2D eigenvalue weighted by Crippen LogP contribution is 2.05. The number of nitrogens with one attached hydrogen (secondary N) is 1. The largest absolute Gasteiger partial charge is 0.478 e. The van der Waals surface area contributed by atoms with Crippen LogP contribution in [-0.2, 0) is 9.59 Å². The van der Waals surface area contributed by atoms with E-state index in [0.29, 0.717) is 13.1 Å². The predicted molar refractivity (Wildman–Crippen MR) is 64.9 cm³/mol. The predicted octanol–water partition coefficient (Wildman–Crippen LogP) is 0.905. The molecule has 3 amide bonds. The average Bonchev–Trinajstić information content (AvgIpc) is 2.37. The summed E-state index contributed by atoms with van der Waals surface area (Å²) in [6, 6.07) is -0.498. The molecule has 0 fully saturated rings. The van der Waals surface area contributed by atoms with Crippen molar-refractivity contribution in [1.82, 2.24) is 10.2 Å². The van der Waals surface area contributed by atoms with Gasteiger partial charge in [-0.3, -0.25) is 10.1 Å². The lowest BCUT2D eigenvalue weighted by atomic mass is 10.1. The van der Waals surface area contributed by atoms with E-state index < -0.39 is 17.9 Å². The lowest BCUT2D eigenvalue weighted by molar-refractivity contribution is -0.133. The average molecular weight is 252 g/mol. The van der Waals surface area contributed by atoms with E-state index in [9.17, 15) is 14.4 Å². The van der Waals surface area contributed by atoms with Crippen molar-refractivity contribution in [2.75, 3.05) is 13.1 Å². The quantitative estimate of drug-likeness (QED) is 0.565. The maximum Gasteiger partial charge on any atom is 0.331 e. The van der Waals surface area contributed by atoms with Crippen LogP contribution in [0.15, 0.2) is 23.3 Å². The van der Waals surface area contributed by atoms with E-state index in [2.05, 4.69) is 5.32 Å². The Morgan fingerprint density at radius 3 is 2.33 bits per heavy atom. The molecule has 98 valence electrons. The van der Waals surface area contributed by atoms with Crippen LogP contribution in [-0.4, -0.2) is 41.0 Å². The van der Waals surface area contributed by atoms with E-state index in [1.54, 1.807) is 0 Å². The van der Waals surface area contributed by atoms with Crippen molar-refractivity contribution in [3.63, 3.8) is 0 Å². The van der Waals surface area contributed by atoms with Gasteiger partial charge in [-0.15, -0.1) is 0 Å². The molecule has 1 aliphatic heterocycles. The molecule has 0 unspecified atom stereocenters. The van der Waals surface area contributed by atoms with Crippen LogP contribution in [0.5, 0.6) is 0 Å². The molecule has 1 aliphatic rings. The van der Waals surface area contributed by atoms with Crippen LogP contribution < -0.4 is 5.32 Å². The van der Waals surface area contributed by atoms with Gasteiger partial charge in [0.15, 0.2) is 0 Å². The van der Waals surface area contributed by atoms with Crippen LogP contribution in [0.1, 0.15) is 20.3 Å². The van der Waals surface area contributed by atoms with Gasteiger partial charge in [-0.2, -0.15) is 0 Å². The summed E-state index contributed by atoms with van der Waals surface area (Å²) in [6.07, 6.45) is 4.56. The monoisotopic (exact) mass is 252 g/mol. The van der Waals surface area contributed by atoms with Crippen LogP contribution in [0.3, 0.4) is 0 Å². The molecule has 1 heterocycles. The molecule has 2 N–H and O–H groups in total. The molecule has 6 heteroatoms. The van der Waals surface area contributed by atoms with Crippen molar-refractivity contribution in [3.05, 3.63) is 23.3 Å². The molecule has 18 heavy (non-hydrogen) atoms. The summed E-state index contributed by atoms with van der Waals surface area (Å²) >= 11 is 0. The van der Waals surface area contributed by atoms with Crippen molar-refractivity contribution in [1.29, 1.82) is 0 Å². The Hall–Kier alpha value is -2.11. The zero-order chi connectivity index (χ0) is 13.7. The Kier molecular flexibility index (Phi) is 4.65. The van der Waals surface area contributed by atoms with Gasteiger partial charge in [-0.25, -0.2) is 9.59 Å². The number of urea groups is 1. The molecule has 1 rings (SSSR count). The molecule has 0 aromatic carbocycles. The van der Waals surface area contributed by atoms with E-state index in [4.69, 9.17) is 5.11 Å². The van der Waals surface area contributed by atoms with Gasteiger partial charge in [0.2, 0.25) is 0 Å². The highest BCUT2D eigenvalue weighted by Gasteiger charge is 2.19. The van der Waals surface area contributed by atoms with Crippen molar-refractivity contribution in [2.45, 2.75) is 20.3 Å². The second kappa shape index (κ2) is 6.00. The van der Waals surface area contributed by atoms with Gasteiger partial charge < -0.3 is 10.0 Å². The molecule has 0 bridgehead atoms. The summed E-state index contributed by atoms with van der Waals surface area (Å²) in [5, 5.41) is 10.9. The first-order chi connectivity index (χ1) is 8.43. The SMILES string of the molecule is C/C(C(=O)O)=C(/C)C(=O)NC(=O)N1CC=CCC1. The van der Waals surface area contributed by atoms with Crippen molar-refractivity contribution in [3.8, 4) is 0 Å². The summed E-state index contributed by atoms with van der Waals surface area (Å²) in [7, 11) is 0. The maximum atomic E-state index is 11.7. The molecule has 0 spiro atoms. The van der Waals surface area contributed by atoms with Gasteiger partial charge in [0, 0.05) is 24.2 Å². The second-order valence-electron chi connectivity index (χ2n) is 4.02.